The summed E-state index contributed by atoms with van der Waals surface area (Å²) in [6.45, 7) is 9.78. The minimum atomic E-state index is 0.367. The van der Waals surface area contributed by atoms with Crippen molar-refractivity contribution in [1.82, 2.24) is 9.97 Å². The second kappa shape index (κ2) is 6.24. The Hall–Kier alpha value is -1.62. The zero-order valence-corrected chi connectivity index (χ0v) is 13.5. The normalized spacial score (nSPS) is 21.0. The number of rotatable bonds is 3. The molecule has 2 fully saturated rings. The number of ether oxygens (including phenoxy) is 1. The summed E-state index contributed by atoms with van der Waals surface area (Å²) >= 11 is 0. The van der Waals surface area contributed by atoms with Crippen LogP contribution in [0.1, 0.15) is 36.9 Å². The monoisotopic (exact) mass is 302 g/mol. The third-order valence-electron chi connectivity index (χ3n) is 5.23. The quantitative estimate of drug-likeness (QED) is 0.869. The van der Waals surface area contributed by atoms with Gasteiger partial charge in [0.2, 0.25) is 5.95 Å². The molecular formula is C17H26N4O. The molecule has 1 spiro atoms. The largest absolute Gasteiger partial charge is 0.381 e. The third kappa shape index (κ3) is 2.95. The van der Waals surface area contributed by atoms with Crippen LogP contribution in [0.4, 0.5) is 11.8 Å². The minimum absolute atomic E-state index is 0.367. The first kappa shape index (κ1) is 15.3. The van der Waals surface area contributed by atoms with E-state index in [9.17, 15) is 0 Å². The number of aromatic nitrogens is 2. The topological polar surface area (TPSA) is 64.3 Å². The van der Waals surface area contributed by atoms with Crippen molar-refractivity contribution in [3.63, 3.8) is 0 Å². The van der Waals surface area contributed by atoms with Crippen LogP contribution in [-0.2, 0) is 11.2 Å². The van der Waals surface area contributed by atoms with Gasteiger partial charge in [0.1, 0.15) is 5.82 Å². The Morgan fingerprint density at radius 1 is 1.23 bits per heavy atom. The van der Waals surface area contributed by atoms with E-state index in [1.807, 2.05) is 13.0 Å². The lowest BCUT2D eigenvalue weighted by molar-refractivity contribution is 0.00205. The molecule has 22 heavy (non-hydrogen) atoms. The van der Waals surface area contributed by atoms with Gasteiger partial charge in [-0.15, -0.1) is 6.58 Å². The highest BCUT2D eigenvalue weighted by Crippen LogP contribution is 2.41. The van der Waals surface area contributed by atoms with E-state index in [2.05, 4.69) is 21.4 Å². The van der Waals surface area contributed by atoms with Gasteiger partial charge >= 0.3 is 0 Å². The number of aryl methyl sites for hydroxylation is 1. The fraction of sp³-hybridized carbons (Fsp3) is 0.647. The zero-order chi connectivity index (χ0) is 15.6. The number of nitrogens with zero attached hydrogens (tertiary/aromatic N) is 3. The van der Waals surface area contributed by atoms with Crippen LogP contribution < -0.4 is 10.6 Å². The summed E-state index contributed by atoms with van der Waals surface area (Å²) in [6, 6.07) is 0. The molecule has 1 aromatic rings. The Morgan fingerprint density at radius 3 is 2.55 bits per heavy atom. The average molecular weight is 302 g/mol. The number of piperidine rings is 1. The molecule has 0 amide bonds. The summed E-state index contributed by atoms with van der Waals surface area (Å²) in [5.74, 6) is 1.37. The van der Waals surface area contributed by atoms with E-state index in [0.29, 0.717) is 11.4 Å². The highest BCUT2D eigenvalue weighted by atomic mass is 16.5. The van der Waals surface area contributed by atoms with E-state index >= 15 is 0 Å². The van der Waals surface area contributed by atoms with Gasteiger partial charge < -0.3 is 15.4 Å². The van der Waals surface area contributed by atoms with Crippen molar-refractivity contribution in [2.24, 2.45) is 5.41 Å². The molecule has 2 saturated heterocycles. The second-order valence-corrected chi connectivity index (χ2v) is 6.56. The van der Waals surface area contributed by atoms with Crippen molar-refractivity contribution in [2.45, 2.75) is 39.0 Å². The van der Waals surface area contributed by atoms with Crippen LogP contribution in [0.15, 0.2) is 12.7 Å². The molecule has 0 aromatic carbocycles. The Kier molecular flexibility index (Phi) is 4.34. The van der Waals surface area contributed by atoms with Crippen molar-refractivity contribution >= 4 is 11.8 Å². The molecule has 0 unspecified atom stereocenters. The number of hydrogen-bond donors (Lipinski definition) is 1. The molecule has 0 saturated carbocycles. The lowest BCUT2D eigenvalue weighted by atomic mass is 9.72. The van der Waals surface area contributed by atoms with Crippen molar-refractivity contribution in [2.75, 3.05) is 36.9 Å². The Labute approximate surface area is 132 Å². The standard InChI is InChI=1S/C17H26N4O/c1-3-4-14-13(2)19-16(18)20-15(14)21-9-5-17(6-10-21)7-11-22-12-8-17/h3H,1,4-12H2,2H3,(H2,18,19,20). The molecule has 2 N–H and O–H groups in total. The number of hydrogen-bond acceptors (Lipinski definition) is 5. The smallest absolute Gasteiger partial charge is 0.222 e. The fourth-order valence-electron chi connectivity index (χ4n) is 3.74. The van der Waals surface area contributed by atoms with E-state index in [0.717, 1.165) is 49.8 Å². The summed E-state index contributed by atoms with van der Waals surface area (Å²) < 4.78 is 5.53. The van der Waals surface area contributed by atoms with Crippen LogP contribution in [0.25, 0.3) is 0 Å². The summed E-state index contributed by atoms with van der Waals surface area (Å²) in [6.07, 6.45) is 7.53. The Bertz CT molecular complexity index is 542. The summed E-state index contributed by atoms with van der Waals surface area (Å²) in [5, 5.41) is 0. The number of nitrogen functional groups attached to an aromatic ring is 1. The molecule has 0 radical (unpaired) electrons. The van der Waals surface area contributed by atoms with E-state index in [1.54, 1.807) is 0 Å². The maximum atomic E-state index is 5.88. The van der Waals surface area contributed by atoms with Gasteiger partial charge in [-0.05, 0) is 44.4 Å². The Balaban J connectivity index is 1.79. The van der Waals surface area contributed by atoms with Crippen LogP contribution in [0.3, 0.4) is 0 Å². The molecule has 120 valence electrons. The van der Waals surface area contributed by atoms with Crippen LogP contribution in [0.2, 0.25) is 0 Å². The van der Waals surface area contributed by atoms with Gasteiger partial charge in [-0.2, -0.15) is 4.98 Å². The van der Waals surface area contributed by atoms with E-state index in [-0.39, 0.29) is 0 Å². The van der Waals surface area contributed by atoms with Crippen molar-refractivity contribution < 1.29 is 4.74 Å². The molecule has 5 nitrogen and oxygen atoms in total. The molecule has 2 aliphatic heterocycles. The first-order valence-corrected chi connectivity index (χ1v) is 8.20. The highest BCUT2D eigenvalue weighted by Gasteiger charge is 2.36. The van der Waals surface area contributed by atoms with Gasteiger partial charge in [0.05, 0.1) is 0 Å². The molecule has 5 heteroatoms. The number of nitrogens with two attached hydrogens (primary N) is 1. The average Bonchev–Trinajstić information content (AvgIpc) is 2.51. The van der Waals surface area contributed by atoms with Gasteiger partial charge in [0.15, 0.2) is 0 Å². The van der Waals surface area contributed by atoms with Gasteiger partial charge in [-0.1, -0.05) is 6.08 Å². The first-order chi connectivity index (χ1) is 10.6. The molecule has 0 atom stereocenters. The lowest BCUT2D eigenvalue weighted by Crippen LogP contribution is -2.43. The number of allylic oxidation sites excluding steroid dienone is 1. The molecular weight excluding hydrogens is 276 g/mol. The maximum absolute atomic E-state index is 5.88. The van der Waals surface area contributed by atoms with E-state index in [4.69, 9.17) is 10.5 Å². The highest BCUT2D eigenvalue weighted by molar-refractivity contribution is 5.53. The summed E-state index contributed by atoms with van der Waals surface area (Å²) in [5.41, 5.74) is 8.49. The third-order valence-corrected chi connectivity index (χ3v) is 5.23. The van der Waals surface area contributed by atoms with Crippen LogP contribution in [-0.4, -0.2) is 36.3 Å². The molecule has 3 rings (SSSR count). The van der Waals surface area contributed by atoms with Gasteiger partial charge in [0.25, 0.3) is 0 Å². The van der Waals surface area contributed by atoms with Gasteiger partial charge in [-0.3, -0.25) is 0 Å². The van der Waals surface area contributed by atoms with Crippen molar-refractivity contribution in [3.8, 4) is 0 Å². The second-order valence-electron chi connectivity index (χ2n) is 6.56. The Morgan fingerprint density at radius 2 is 1.91 bits per heavy atom. The van der Waals surface area contributed by atoms with Crippen molar-refractivity contribution in [1.29, 1.82) is 0 Å². The van der Waals surface area contributed by atoms with Crippen LogP contribution >= 0.6 is 0 Å². The molecule has 0 aliphatic carbocycles. The predicted octanol–water partition coefficient (Wildman–Crippen LogP) is 2.49. The molecule has 1 aromatic heterocycles. The molecule has 0 bridgehead atoms. The zero-order valence-electron chi connectivity index (χ0n) is 13.5. The minimum Gasteiger partial charge on any atom is -0.381 e. The maximum Gasteiger partial charge on any atom is 0.222 e. The molecule has 2 aliphatic rings. The van der Waals surface area contributed by atoms with Gasteiger partial charge in [0, 0.05) is 37.6 Å². The fourth-order valence-corrected chi connectivity index (χ4v) is 3.74. The van der Waals surface area contributed by atoms with E-state index in [1.165, 1.54) is 25.7 Å². The summed E-state index contributed by atoms with van der Waals surface area (Å²) in [4.78, 5) is 11.2. The van der Waals surface area contributed by atoms with Crippen LogP contribution in [0, 0.1) is 12.3 Å². The summed E-state index contributed by atoms with van der Waals surface area (Å²) in [7, 11) is 0. The SMILES string of the molecule is C=CCc1c(C)nc(N)nc1N1CCC2(CCOCC2)CC1. The lowest BCUT2D eigenvalue weighted by Gasteiger charge is -2.44. The van der Waals surface area contributed by atoms with Crippen molar-refractivity contribution in [3.05, 3.63) is 23.9 Å². The van der Waals surface area contributed by atoms with Gasteiger partial charge in [-0.25, -0.2) is 4.98 Å². The van der Waals surface area contributed by atoms with E-state index < -0.39 is 0 Å². The molecule has 3 heterocycles. The predicted molar refractivity (Wildman–Crippen MR) is 89.0 cm³/mol. The van der Waals surface area contributed by atoms with Crippen LogP contribution in [0.5, 0.6) is 0 Å². The first-order valence-electron chi connectivity index (χ1n) is 8.20. The number of anilines is 2.